The monoisotopic (exact) mass is 260 g/mol. The van der Waals surface area contributed by atoms with Crippen molar-refractivity contribution in [2.24, 2.45) is 5.92 Å². The zero-order chi connectivity index (χ0) is 13.8. The van der Waals surface area contributed by atoms with Gasteiger partial charge in [0.05, 0.1) is 0 Å². The zero-order valence-electron chi connectivity index (χ0n) is 12.9. The molecule has 0 amide bonds. The minimum atomic E-state index is 0.604. The summed E-state index contributed by atoms with van der Waals surface area (Å²) >= 11 is 0. The number of hydrogen-bond acceptors (Lipinski definition) is 2. The molecule has 1 N–H and O–H groups in total. The SMILES string of the molecule is CCCN1CCC(CNC)C1c1cccc(C)c1C. The van der Waals surface area contributed by atoms with Crippen molar-refractivity contribution < 1.29 is 0 Å². The second kappa shape index (κ2) is 6.53. The topological polar surface area (TPSA) is 15.3 Å². The quantitative estimate of drug-likeness (QED) is 0.874. The van der Waals surface area contributed by atoms with Gasteiger partial charge < -0.3 is 5.32 Å². The summed E-state index contributed by atoms with van der Waals surface area (Å²) in [6.07, 6.45) is 2.56. The standard InChI is InChI=1S/C17H28N2/c1-5-10-19-11-9-15(12-18-4)17(19)16-8-6-7-13(2)14(16)3/h6-8,15,17-18H,5,9-12H2,1-4H3. The van der Waals surface area contributed by atoms with Gasteiger partial charge in [-0.2, -0.15) is 0 Å². The molecule has 1 fully saturated rings. The maximum Gasteiger partial charge on any atom is 0.0391 e. The highest BCUT2D eigenvalue weighted by atomic mass is 15.2. The third-order valence-electron chi connectivity index (χ3n) is 4.57. The van der Waals surface area contributed by atoms with E-state index in [0.717, 1.165) is 12.5 Å². The van der Waals surface area contributed by atoms with Crippen LogP contribution in [0.2, 0.25) is 0 Å². The molecule has 1 heterocycles. The molecule has 1 aromatic rings. The molecule has 0 radical (unpaired) electrons. The molecule has 0 bridgehead atoms. The van der Waals surface area contributed by atoms with Crippen LogP contribution in [0.15, 0.2) is 18.2 Å². The minimum absolute atomic E-state index is 0.604. The normalized spacial score (nSPS) is 24.0. The van der Waals surface area contributed by atoms with E-state index >= 15 is 0 Å². The van der Waals surface area contributed by atoms with Crippen LogP contribution < -0.4 is 5.32 Å². The van der Waals surface area contributed by atoms with Crippen LogP contribution in [0.1, 0.15) is 42.5 Å². The second-order valence-corrected chi connectivity index (χ2v) is 5.88. The smallest absolute Gasteiger partial charge is 0.0391 e. The van der Waals surface area contributed by atoms with Crippen molar-refractivity contribution in [3.63, 3.8) is 0 Å². The van der Waals surface area contributed by atoms with E-state index in [9.17, 15) is 0 Å². The second-order valence-electron chi connectivity index (χ2n) is 5.88. The van der Waals surface area contributed by atoms with E-state index in [0.29, 0.717) is 6.04 Å². The van der Waals surface area contributed by atoms with Crippen LogP contribution in [0.25, 0.3) is 0 Å². The number of hydrogen-bond donors (Lipinski definition) is 1. The Morgan fingerprint density at radius 3 is 2.79 bits per heavy atom. The van der Waals surface area contributed by atoms with Crippen molar-refractivity contribution in [2.75, 3.05) is 26.7 Å². The zero-order valence-corrected chi connectivity index (χ0v) is 12.9. The van der Waals surface area contributed by atoms with Gasteiger partial charge >= 0.3 is 0 Å². The average Bonchev–Trinajstić information content (AvgIpc) is 2.77. The average molecular weight is 260 g/mol. The predicted octanol–water partition coefficient (Wildman–Crippen LogP) is 3.30. The fourth-order valence-electron chi connectivity index (χ4n) is 3.49. The molecule has 0 saturated carbocycles. The van der Waals surface area contributed by atoms with Crippen LogP contribution >= 0.6 is 0 Å². The van der Waals surface area contributed by atoms with Crippen LogP contribution in [0, 0.1) is 19.8 Å². The molecule has 19 heavy (non-hydrogen) atoms. The molecule has 0 aromatic heterocycles. The number of nitrogens with one attached hydrogen (secondary N) is 1. The third kappa shape index (κ3) is 3.01. The maximum atomic E-state index is 3.38. The summed E-state index contributed by atoms with van der Waals surface area (Å²) in [7, 11) is 2.07. The summed E-state index contributed by atoms with van der Waals surface area (Å²) < 4.78 is 0. The van der Waals surface area contributed by atoms with Gasteiger partial charge in [-0.25, -0.2) is 0 Å². The Hall–Kier alpha value is -0.860. The van der Waals surface area contributed by atoms with Crippen LogP contribution in [-0.4, -0.2) is 31.6 Å². The fraction of sp³-hybridized carbons (Fsp3) is 0.647. The maximum absolute atomic E-state index is 3.38. The Balaban J connectivity index is 2.32. The van der Waals surface area contributed by atoms with Crippen LogP contribution in [0.4, 0.5) is 0 Å². The Morgan fingerprint density at radius 1 is 1.32 bits per heavy atom. The van der Waals surface area contributed by atoms with E-state index < -0.39 is 0 Å². The lowest BCUT2D eigenvalue weighted by molar-refractivity contribution is 0.226. The lowest BCUT2D eigenvalue weighted by atomic mass is 9.89. The number of likely N-dealkylation sites (tertiary alicyclic amines) is 1. The molecule has 0 spiro atoms. The lowest BCUT2D eigenvalue weighted by Crippen LogP contribution is -2.30. The van der Waals surface area contributed by atoms with Gasteiger partial charge in [-0.1, -0.05) is 25.1 Å². The van der Waals surface area contributed by atoms with Crippen molar-refractivity contribution in [3.05, 3.63) is 34.9 Å². The largest absolute Gasteiger partial charge is 0.319 e. The van der Waals surface area contributed by atoms with Crippen LogP contribution in [0.3, 0.4) is 0 Å². The van der Waals surface area contributed by atoms with E-state index in [1.165, 1.54) is 37.1 Å². The highest BCUT2D eigenvalue weighted by Gasteiger charge is 2.34. The van der Waals surface area contributed by atoms with Crippen molar-refractivity contribution in [1.82, 2.24) is 10.2 Å². The van der Waals surface area contributed by atoms with Gasteiger partial charge in [0.1, 0.15) is 0 Å². The van der Waals surface area contributed by atoms with Crippen molar-refractivity contribution >= 4 is 0 Å². The summed E-state index contributed by atoms with van der Waals surface area (Å²) in [6.45, 7) is 10.4. The first kappa shape index (κ1) is 14.5. The molecule has 106 valence electrons. The van der Waals surface area contributed by atoms with E-state index in [4.69, 9.17) is 0 Å². The van der Waals surface area contributed by atoms with Gasteiger partial charge in [-0.3, -0.25) is 4.90 Å². The Bertz CT molecular complexity index is 400. The van der Waals surface area contributed by atoms with E-state index in [2.05, 4.69) is 56.2 Å². The van der Waals surface area contributed by atoms with Gasteiger partial charge in [-0.05, 0) is 76.0 Å². The van der Waals surface area contributed by atoms with Gasteiger partial charge in [0, 0.05) is 6.04 Å². The number of benzene rings is 1. The Morgan fingerprint density at radius 2 is 2.11 bits per heavy atom. The van der Waals surface area contributed by atoms with Crippen molar-refractivity contribution in [3.8, 4) is 0 Å². The Labute approximate surface area is 118 Å². The number of nitrogens with zero attached hydrogens (tertiary/aromatic N) is 1. The highest BCUT2D eigenvalue weighted by molar-refractivity contribution is 5.36. The van der Waals surface area contributed by atoms with Crippen molar-refractivity contribution in [2.45, 2.75) is 39.7 Å². The first-order valence-corrected chi connectivity index (χ1v) is 7.63. The number of rotatable bonds is 5. The summed E-state index contributed by atoms with van der Waals surface area (Å²) in [5.74, 6) is 0.747. The first-order valence-electron chi connectivity index (χ1n) is 7.63. The Kier molecular flexibility index (Phi) is 5.00. The van der Waals surface area contributed by atoms with E-state index in [-0.39, 0.29) is 0 Å². The molecule has 1 aliphatic heterocycles. The summed E-state index contributed by atoms with van der Waals surface area (Å²) in [5.41, 5.74) is 4.45. The molecule has 2 atom stereocenters. The van der Waals surface area contributed by atoms with Crippen LogP contribution in [0.5, 0.6) is 0 Å². The summed E-state index contributed by atoms with van der Waals surface area (Å²) in [6, 6.07) is 7.39. The molecular weight excluding hydrogens is 232 g/mol. The first-order chi connectivity index (χ1) is 9.19. The minimum Gasteiger partial charge on any atom is -0.319 e. The molecular formula is C17H28N2. The predicted molar refractivity (Wildman–Crippen MR) is 82.6 cm³/mol. The molecule has 1 saturated heterocycles. The summed E-state index contributed by atoms with van der Waals surface area (Å²) in [4.78, 5) is 2.68. The van der Waals surface area contributed by atoms with Crippen LogP contribution in [-0.2, 0) is 0 Å². The lowest BCUT2D eigenvalue weighted by Gasteiger charge is -2.30. The molecule has 1 aromatic carbocycles. The van der Waals surface area contributed by atoms with Gasteiger partial charge in [0.2, 0.25) is 0 Å². The van der Waals surface area contributed by atoms with Gasteiger partial charge in [0.15, 0.2) is 0 Å². The van der Waals surface area contributed by atoms with Gasteiger partial charge in [-0.15, -0.1) is 0 Å². The van der Waals surface area contributed by atoms with Crippen molar-refractivity contribution in [1.29, 1.82) is 0 Å². The molecule has 2 unspecified atom stereocenters. The number of aryl methyl sites for hydroxylation is 1. The third-order valence-corrected chi connectivity index (χ3v) is 4.57. The molecule has 2 rings (SSSR count). The molecule has 0 aliphatic carbocycles. The highest BCUT2D eigenvalue weighted by Crippen LogP contribution is 2.38. The molecule has 2 nitrogen and oxygen atoms in total. The summed E-state index contributed by atoms with van der Waals surface area (Å²) in [5, 5.41) is 3.38. The molecule has 1 aliphatic rings. The van der Waals surface area contributed by atoms with Gasteiger partial charge in [0.25, 0.3) is 0 Å². The van der Waals surface area contributed by atoms with E-state index in [1.807, 2.05) is 0 Å². The van der Waals surface area contributed by atoms with E-state index in [1.54, 1.807) is 5.56 Å². The molecule has 2 heteroatoms. The fourth-order valence-corrected chi connectivity index (χ4v) is 3.49.